The number of rotatable bonds is 6. The van der Waals surface area contributed by atoms with Crippen molar-refractivity contribution in [2.75, 3.05) is 13.1 Å². The highest BCUT2D eigenvalue weighted by atomic mass is 19.1. The van der Waals surface area contributed by atoms with Crippen molar-refractivity contribution in [2.45, 2.75) is 25.1 Å². The van der Waals surface area contributed by atoms with Crippen molar-refractivity contribution in [3.05, 3.63) is 107 Å². The van der Waals surface area contributed by atoms with Gasteiger partial charge < -0.3 is 10.8 Å². The van der Waals surface area contributed by atoms with E-state index >= 15 is 4.39 Å². The number of amides is 1. The molecular weight excluding hydrogens is 497 g/mol. The van der Waals surface area contributed by atoms with Crippen LogP contribution in [0.5, 0.6) is 0 Å². The number of imidazole rings is 1. The van der Waals surface area contributed by atoms with Gasteiger partial charge >= 0.3 is 0 Å². The summed E-state index contributed by atoms with van der Waals surface area (Å²) in [6, 6.07) is 18.2. The van der Waals surface area contributed by atoms with Gasteiger partial charge in [0.25, 0.3) is 0 Å². The Labute approximate surface area is 224 Å². The number of likely N-dealkylation sites (tertiary alicyclic amines) is 1. The molecule has 0 radical (unpaired) electrons. The monoisotopic (exact) mass is 523 g/mol. The molecule has 196 valence electrons. The van der Waals surface area contributed by atoms with E-state index in [1.807, 2.05) is 30.3 Å². The minimum atomic E-state index is -1.07. The number of carbonyl (C=O) groups is 2. The maximum absolute atomic E-state index is 15.6. The fraction of sp³-hybridized carbons (Fsp3) is 0.200. The average Bonchev–Trinajstić information content (AvgIpc) is 3.56. The number of fused-ring (bicyclic) bond motifs is 1. The summed E-state index contributed by atoms with van der Waals surface area (Å²) < 4.78 is 17.2. The topological polar surface area (TPSA) is 114 Å². The number of β-amino-alcohol motifs (C(OH)–C–C–N with tert-alkyl or cyclic N) is 1. The SMILES string of the molecule is NC(=O)c1cccc(-n2cnc3c2C(=O)C(c2ccc(-c4ccccc4CN4CC[C@H](O)C4)cc2F)N=C3)c1. The average molecular weight is 524 g/mol. The molecule has 2 aliphatic rings. The lowest BCUT2D eigenvalue weighted by Crippen LogP contribution is -2.22. The summed E-state index contributed by atoms with van der Waals surface area (Å²) in [7, 11) is 0. The van der Waals surface area contributed by atoms with E-state index in [4.69, 9.17) is 5.73 Å². The number of nitrogens with zero attached hydrogens (tertiary/aromatic N) is 4. The molecule has 3 heterocycles. The van der Waals surface area contributed by atoms with Gasteiger partial charge in [-0.15, -0.1) is 0 Å². The maximum Gasteiger partial charge on any atom is 0.248 e. The Morgan fingerprint density at radius 1 is 1.10 bits per heavy atom. The van der Waals surface area contributed by atoms with Crippen LogP contribution in [0.1, 0.15) is 50.1 Å². The Bertz CT molecular complexity index is 1630. The molecule has 39 heavy (non-hydrogen) atoms. The zero-order valence-electron chi connectivity index (χ0n) is 21.0. The third-order valence-corrected chi connectivity index (χ3v) is 7.30. The van der Waals surface area contributed by atoms with Crippen molar-refractivity contribution in [2.24, 2.45) is 10.7 Å². The number of benzene rings is 3. The van der Waals surface area contributed by atoms with E-state index in [9.17, 15) is 14.7 Å². The van der Waals surface area contributed by atoms with Gasteiger partial charge in [0.1, 0.15) is 29.6 Å². The second kappa shape index (κ2) is 10.0. The Morgan fingerprint density at radius 2 is 1.95 bits per heavy atom. The van der Waals surface area contributed by atoms with E-state index in [-0.39, 0.29) is 17.4 Å². The lowest BCUT2D eigenvalue weighted by Gasteiger charge is -2.20. The normalized spacial score (nSPS) is 18.9. The zero-order chi connectivity index (χ0) is 27.1. The fourth-order valence-corrected chi connectivity index (χ4v) is 5.32. The molecule has 1 amide bonds. The Kier molecular flexibility index (Phi) is 6.38. The minimum absolute atomic E-state index is 0.171. The molecule has 9 heteroatoms. The van der Waals surface area contributed by atoms with Crippen molar-refractivity contribution >= 4 is 17.9 Å². The van der Waals surface area contributed by atoms with Crippen LogP contribution in [0.4, 0.5) is 4.39 Å². The highest BCUT2D eigenvalue weighted by Gasteiger charge is 2.33. The molecular formula is C30H26FN5O3. The van der Waals surface area contributed by atoms with Gasteiger partial charge in [-0.05, 0) is 47.4 Å². The molecule has 1 fully saturated rings. The van der Waals surface area contributed by atoms with Gasteiger partial charge in [0.15, 0.2) is 0 Å². The van der Waals surface area contributed by atoms with Crippen LogP contribution >= 0.6 is 0 Å². The first kappa shape index (κ1) is 24.8. The minimum Gasteiger partial charge on any atom is -0.392 e. The molecule has 1 aromatic heterocycles. The van der Waals surface area contributed by atoms with Crippen LogP contribution < -0.4 is 5.73 Å². The number of aliphatic imine (C=N–C) groups is 1. The number of nitrogens with two attached hydrogens (primary N) is 1. The molecule has 1 saturated heterocycles. The number of halogens is 1. The Morgan fingerprint density at radius 3 is 2.72 bits per heavy atom. The first-order valence-electron chi connectivity index (χ1n) is 12.7. The highest BCUT2D eigenvalue weighted by molar-refractivity contribution is 6.09. The number of Topliss-reactive ketones (excluding diaryl/α,β-unsaturated/α-hetero) is 1. The summed E-state index contributed by atoms with van der Waals surface area (Å²) in [5.74, 6) is -1.51. The van der Waals surface area contributed by atoms with Gasteiger partial charge in [0, 0.05) is 36.4 Å². The van der Waals surface area contributed by atoms with Crippen molar-refractivity contribution in [1.82, 2.24) is 14.5 Å². The summed E-state index contributed by atoms with van der Waals surface area (Å²) in [5.41, 5.74) is 9.71. The van der Waals surface area contributed by atoms with Gasteiger partial charge in [-0.2, -0.15) is 0 Å². The van der Waals surface area contributed by atoms with Gasteiger partial charge in [-0.3, -0.25) is 24.0 Å². The summed E-state index contributed by atoms with van der Waals surface area (Å²) >= 11 is 0. The van der Waals surface area contributed by atoms with Crippen molar-refractivity contribution in [1.29, 1.82) is 0 Å². The predicted octanol–water partition coefficient (Wildman–Crippen LogP) is 3.70. The number of hydrogen-bond acceptors (Lipinski definition) is 6. The predicted molar refractivity (Wildman–Crippen MR) is 144 cm³/mol. The van der Waals surface area contributed by atoms with Crippen LogP contribution in [0.2, 0.25) is 0 Å². The van der Waals surface area contributed by atoms with Gasteiger partial charge in [-0.1, -0.05) is 42.5 Å². The van der Waals surface area contributed by atoms with Crippen LogP contribution in [-0.4, -0.2) is 56.7 Å². The molecule has 0 bridgehead atoms. The molecule has 4 aromatic rings. The van der Waals surface area contributed by atoms with Crippen LogP contribution in [-0.2, 0) is 6.54 Å². The van der Waals surface area contributed by atoms with E-state index < -0.39 is 23.5 Å². The third-order valence-electron chi connectivity index (χ3n) is 7.30. The molecule has 3 N–H and O–H groups in total. The van der Waals surface area contributed by atoms with Crippen molar-refractivity contribution < 1.29 is 19.1 Å². The molecule has 0 saturated carbocycles. The Hall–Kier alpha value is -4.47. The van der Waals surface area contributed by atoms with E-state index in [1.54, 1.807) is 34.9 Å². The van der Waals surface area contributed by atoms with E-state index in [1.165, 1.54) is 18.6 Å². The molecule has 6 rings (SSSR count). The molecule has 3 aromatic carbocycles. The van der Waals surface area contributed by atoms with Gasteiger partial charge in [0.2, 0.25) is 11.7 Å². The lowest BCUT2D eigenvalue weighted by molar-refractivity contribution is 0.0951. The number of hydrogen-bond donors (Lipinski definition) is 2. The molecule has 1 unspecified atom stereocenters. The molecule has 0 spiro atoms. The van der Waals surface area contributed by atoms with E-state index in [2.05, 4.69) is 14.9 Å². The van der Waals surface area contributed by atoms with Crippen molar-refractivity contribution in [3.8, 4) is 16.8 Å². The number of primary amides is 1. The van der Waals surface area contributed by atoms with Crippen LogP contribution in [0.3, 0.4) is 0 Å². The van der Waals surface area contributed by atoms with Crippen LogP contribution in [0.15, 0.2) is 78.0 Å². The number of aliphatic hydroxyl groups excluding tert-OH is 1. The number of aromatic nitrogens is 2. The van der Waals surface area contributed by atoms with E-state index in [0.29, 0.717) is 35.6 Å². The summed E-state index contributed by atoms with van der Waals surface area (Å²) in [4.78, 5) is 36.1. The first-order chi connectivity index (χ1) is 18.9. The fourth-order valence-electron chi connectivity index (χ4n) is 5.32. The van der Waals surface area contributed by atoms with Gasteiger partial charge in [-0.25, -0.2) is 9.37 Å². The summed E-state index contributed by atoms with van der Waals surface area (Å²) in [6.45, 7) is 2.09. The lowest BCUT2D eigenvalue weighted by atomic mass is 9.93. The first-order valence-corrected chi connectivity index (χ1v) is 12.7. The molecule has 2 atom stereocenters. The summed E-state index contributed by atoms with van der Waals surface area (Å²) in [6.07, 6.45) is 3.39. The number of carbonyl (C=O) groups excluding carboxylic acids is 2. The third kappa shape index (κ3) is 4.67. The molecule has 0 aliphatic carbocycles. The smallest absolute Gasteiger partial charge is 0.248 e. The number of aliphatic hydroxyl groups is 1. The molecule has 2 aliphatic heterocycles. The number of ketones is 1. The second-order valence-electron chi connectivity index (χ2n) is 9.88. The largest absolute Gasteiger partial charge is 0.392 e. The molecule has 8 nitrogen and oxygen atoms in total. The van der Waals surface area contributed by atoms with Gasteiger partial charge in [0.05, 0.1) is 12.3 Å². The highest BCUT2D eigenvalue weighted by Crippen LogP contribution is 2.33. The van der Waals surface area contributed by atoms with Crippen LogP contribution in [0, 0.1) is 5.82 Å². The standard InChI is InChI=1S/C30H26FN5O3/c31-25-13-18(23-7-2-1-4-20(23)15-35-11-10-22(37)16-35)8-9-24(25)27-29(38)28-26(14-33-27)34-17-36(28)21-6-3-5-19(12-21)30(32)39/h1-9,12-14,17,22,27,37H,10-11,15-16H2,(H2,32,39)/t22-,27?/m0/s1. The summed E-state index contributed by atoms with van der Waals surface area (Å²) in [5, 5.41) is 9.89. The Balaban J connectivity index is 1.30. The van der Waals surface area contributed by atoms with Crippen molar-refractivity contribution in [3.63, 3.8) is 0 Å². The van der Waals surface area contributed by atoms with E-state index in [0.717, 1.165) is 24.1 Å². The zero-order valence-corrected chi connectivity index (χ0v) is 21.0. The van der Waals surface area contributed by atoms with Crippen LogP contribution in [0.25, 0.3) is 16.8 Å². The maximum atomic E-state index is 15.6. The quantitative estimate of drug-likeness (QED) is 0.400. The second-order valence-corrected chi connectivity index (χ2v) is 9.88.